The standard InChI is InChI=1S/C90H147N9O19S4.2CO2/c1-64-30-14-10-25-48-92-75(60-119-56-64)81(107)39-21-6-3-5-16-33-68(101)41-42-72(79(105)37-20-7-4-8-22-40-82(108)76-61-120-57-69(102)34-17-11-26-49-93-76)97-86(112)46-44-74(98-87(113)47-53-91-65(2)100)88(114)99-73(80(106)38-23-9-15-31-66(89(115)116)54-83(109)77-62-121-58-70(103)35-18-12-27-50-94-77)43-45-85(111)96-52-29-24-32-67(90(117)118)55-84(110)78-63-122-59-71(104)36-19-13-28-51-95-78;2*2-1-3/h66-67,72-78,92-95H,1,3-63H2,2H3,(H,91,100)(H,96,111)(H,97,112)(H,98,113)(H,99,114)(H,115,116)(H,117,118);;/t66-,67-,72+,73+,74+,75+,76+,77+,78+;;/m1../s1. The van der Waals surface area contributed by atoms with Crippen molar-refractivity contribution in [1.29, 1.82) is 0 Å². The van der Waals surface area contributed by atoms with Gasteiger partial charge >= 0.3 is 24.2 Å². The third-order valence-electron chi connectivity index (χ3n) is 22.9. The Hall–Kier alpha value is -7.27. The highest BCUT2D eigenvalue weighted by molar-refractivity contribution is 8.00. The highest BCUT2D eigenvalue weighted by Gasteiger charge is 2.33. The molecule has 0 bridgehead atoms. The van der Waals surface area contributed by atoms with E-state index in [0.717, 1.165) is 134 Å². The van der Waals surface area contributed by atoms with Crippen molar-refractivity contribution in [2.45, 2.75) is 351 Å². The predicted molar refractivity (Wildman–Crippen MR) is 492 cm³/mol. The molecule has 722 valence electrons. The molecule has 5 amide bonds. The van der Waals surface area contributed by atoms with Gasteiger partial charge in [0.25, 0.3) is 0 Å². The van der Waals surface area contributed by atoms with Gasteiger partial charge in [-0.05, 0) is 155 Å². The number of carbonyl (C=O) groups is 17. The van der Waals surface area contributed by atoms with Gasteiger partial charge in [-0.25, -0.2) is 0 Å². The first-order valence-electron chi connectivity index (χ1n) is 46.6. The lowest BCUT2D eigenvalue weighted by Crippen LogP contribution is -2.52. The Morgan fingerprint density at radius 1 is 0.367 bits per heavy atom. The molecule has 128 heavy (non-hydrogen) atoms. The van der Waals surface area contributed by atoms with Crippen LogP contribution >= 0.6 is 47.0 Å². The third kappa shape index (κ3) is 59.9. The fraction of sp³-hybridized carbons (Fsp3) is 0.772. The lowest BCUT2D eigenvalue weighted by Gasteiger charge is -2.24. The predicted octanol–water partition coefficient (Wildman–Crippen LogP) is 9.33. The summed E-state index contributed by atoms with van der Waals surface area (Å²) >= 11 is 5.93. The molecular weight excluding hydrogens is 1730 g/mol. The summed E-state index contributed by atoms with van der Waals surface area (Å²) < 4.78 is 0. The second kappa shape index (κ2) is 75.3. The number of nitrogens with one attached hydrogen (secondary N) is 9. The number of carbonyl (C=O) groups excluding carboxylic acids is 19. The number of carboxylic acids is 2. The largest absolute Gasteiger partial charge is 0.481 e. The Bertz CT molecular complexity index is 3490. The first-order valence-corrected chi connectivity index (χ1v) is 51.2. The molecule has 4 heterocycles. The number of unbranched alkanes of at least 4 members (excludes halogenated alkanes) is 11. The minimum Gasteiger partial charge on any atom is -0.481 e. The van der Waals surface area contributed by atoms with E-state index in [1.165, 1.54) is 47.8 Å². The molecule has 4 saturated heterocycles. The van der Waals surface area contributed by atoms with Crippen molar-refractivity contribution in [3.63, 3.8) is 0 Å². The molecule has 0 radical (unpaired) electrons. The summed E-state index contributed by atoms with van der Waals surface area (Å²) in [6.07, 6.45) is 21.5. The molecule has 9 atom stereocenters. The van der Waals surface area contributed by atoms with E-state index in [1.54, 1.807) is 11.8 Å². The number of rotatable bonds is 55. The van der Waals surface area contributed by atoms with Crippen LogP contribution in [0, 0.1) is 11.8 Å². The first kappa shape index (κ1) is 117. The molecule has 4 aliphatic rings. The summed E-state index contributed by atoms with van der Waals surface area (Å²) in [6.45, 7) is 8.08. The van der Waals surface area contributed by atoms with E-state index in [1.807, 2.05) is 0 Å². The Labute approximate surface area is 773 Å². The van der Waals surface area contributed by atoms with Crippen LogP contribution in [0.1, 0.15) is 309 Å². The van der Waals surface area contributed by atoms with Crippen molar-refractivity contribution in [1.82, 2.24) is 47.9 Å². The minimum absolute atomic E-state index is 0.00248. The van der Waals surface area contributed by atoms with Crippen LogP contribution in [0.25, 0.3) is 0 Å². The van der Waals surface area contributed by atoms with E-state index in [2.05, 4.69) is 54.4 Å². The van der Waals surface area contributed by atoms with Crippen LogP contribution in [0.5, 0.6) is 0 Å². The highest BCUT2D eigenvalue weighted by atomic mass is 32.2. The number of hydrogen-bond donors (Lipinski definition) is 11. The maximum absolute atomic E-state index is 14.7. The summed E-state index contributed by atoms with van der Waals surface area (Å²) in [5.41, 5.74) is 1.21. The van der Waals surface area contributed by atoms with Gasteiger partial charge in [0.05, 0.1) is 65.3 Å². The number of carboxylic acid groups (broad SMARTS) is 2. The summed E-state index contributed by atoms with van der Waals surface area (Å²) in [4.78, 5) is 258. The Balaban J connectivity index is 0.00000897. The molecule has 4 rings (SSSR count). The zero-order chi connectivity index (χ0) is 94.3. The van der Waals surface area contributed by atoms with Crippen molar-refractivity contribution in [2.24, 2.45) is 11.8 Å². The molecule has 11 N–H and O–H groups in total. The summed E-state index contributed by atoms with van der Waals surface area (Å²) in [5.74, 6) is -4.46. The van der Waals surface area contributed by atoms with E-state index in [9.17, 15) is 91.7 Å². The van der Waals surface area contributed by atoms with Crippen LogP contribution in [-0.4, -0.2) is 249 Å². The second-order valence-electron chi connectivity index (χ2n) is 33.8. The van der Waals surface area contributed by atoms with Crippen molar-refractivity contribution in [3.05, 3.63) is 12.2 Å². The van der Waals surface area contributed by atoms with Gasteiger partial charge in [-0.2, -0.15) is 66.2 Å². The molecule has 4 aliphatic heterocycles. The monoisotopic (exact) mass is 1870 g/mol. The maximum Gasteiger partial charge on any atom is 0.373 e. The number of ketones is 10. The lowest BCUT2D eigenvalue weighted by atomic mass is 9.93. The molecule has 0 spiro atoms. The average Bonchev–Trinajstić information content (AvgIpc) is 0.919. The molecule has 0 unspecified atom stereocenters. The fourth-order valence-corrected chi connectivity index (χ4v) is 19.5. The molecule has 0 aliphatic carbocycles. The van der Waals surface area contributed by atoms with Crippen molar-refractivity contribution in [2.75, 3.05) is 85.3 Å². The second-order valence-corrected chi connectivity index (χ2v) is 37.9. The van der Waals surface area contributed by atoms with Crippen molar-refractivity contribution in [3.8, 4) is 0 Å². The van der Waals surface area contributed by atoms with Crippen molar-refractivity contribution < 1.29 is 111 Å². The van der Waals surface area contributed by atoms with E-state index in [4.69, 9.17) is 19.2 Å². The zero-order valence-corrected chi connectivity index (χ0v) is 78.9. The van der Waals surface area contributed by atoms with E-state index < -0.39 is 95.7 Å². The SMILES string of the molecule is C=C1CCCCCN[C@H](C(=O)CCCCCCCC(=O)CC[C@H](NC(=O)CC[C@H](NC(=O)CCNC(C)=O)C(=O)N[C@@H](CCC(=O)NCCCC[C@H](CC(=O)[C@@H]2CSCC(=O)CCCCCN2)C(=O)O)C(=O)CCCCC[C@H](CC(=O)[C@@H]2CSCC(=O)CCCCCN2)C(=O)O)C(=O)CCCCCCCC(=O)[C@@H]2CSCC(=O)CCCCCN2)CSC1.O=C=O.O=C=O. The quantitative estimate of drug-likeness (QED) is 0.0199. The molecule has 0 aromatic heterocycles. The van der Waals surface area contributed by atoms with Gasteiger partial charge in [0.15, 0.2) is 34.7 Å². The van der Waals surface area contributed by atoms with Gasteiger partial charge < -0.3 is 58.1 Å². The Morgan fingerprint density at radius 2 is 0.719 bits per heavy atom. The number of amides is 5. The number of aliphatic carboxylic acids is 2. The number of thioether (sulfide) groups is 4. The molecule has 32 nitrogen and oxygen atoms in total. The van der Waals surface area contributed by atoms with Gasteiger partial charge in [0, 0.05) is 139 Å². The maximum atomic E-state index is 14.7. The normalized spacial score (nSPS) is 19.2. The minimum atomic E-state index is -1.49. The fourth-order valence-electron chi connectivity index (χ4n) is 15.3. The van der Waals surface area contributed by atoms with Crippen LogP contribution < -0.4 is 47.9 Å². The number of hydrogen-bond acceptors (Lipinski definition) is 29. The van der Waals surface area contributed by atoms with E-state index in [0.29, 0.717) is 132 Å². The number of Topliss-reactive ketones (excluding diaryl/α,β-unsaturated/α-hetero) is 10. The van der Waals surface area contributed by atoms with Gasteiger partial charge in [0.1, 0.15) is 29.2 Å². The van der Waals surface area contributed by atoms with E-state index >= 15 is 0 Å². The van der Waals surface area contributed by atoms with Crippen LogP contribution in [0.2, 0.25) is 0 Å². The molecule has 0 aromatic rings. The van der Waals surface area contributed by atoms with E-state index in [-0.39, 0.29) is 191 Å². The van der Waals surface area contributed by atoms with Crippen LogP contribution in [0.15, 0.2) is 12.2 Å². The molecular formula is C92H147N9O23S4. The van der Waals surface area contributed by atoms with Gasteiger partial charge in [-0.15, -0.1) is 0 Å². The summed E-state index contributed by atoms with van der Waals surface area (Å²) in [6, 6.07) is -5.69. The Kier molecular flexibility index (Phi) is 68.7. The smallest absolute Gasteiger partial charge is 0.373 e. The van der Waals surface area contributed by atoms with Crippen molar-refractivity contribution >= 4 is 159 Å². The van der Waals surface area contributed by atoms with Gasteiger partial charge in [-0.1, -0.05) is 95.6 Å². The molecule has 36 heteroatoms. The van der Waals surface area contributed by atoms with Gasteiger partial charge in [0.2, 0.25) is 29.5 Å². The van der Waals surface area contributed by atoms with Crippen LogP contribution in [-0.2, 0) is 101 Å². The molecule has 4 fully saturated rings. The topological polar surface area (TPSA) is 507 Å². The average molecular weight is 1880 g/mol. The lowest BCUT2D eigenvalue weighted by molar-refractivity contribution is -0.193. The zero-order valence-electron chi connectivity index (χ0n) is 75.6. The summed E-state index contributed by atoms with van der Waals surface area (Å²) in [5, 5.41) is 47.3. The van der Waals surface area contributed by atoms with Crippen LogP contribution in [0.3, 0.4) is 0 Å². The Morgan fingerprint density at radius 3 is 1.16 bits per heavy atom. The highest BCUT2D eigenvalue weighted by Crippen LogP contribution is 2.25. The molecule has 0 aromatic carbocycles. The first-order chi connectivity index (χ1) is 61.6. The van der Waals surface area contributed by atoms with Crippen LogP contribution in [0.4, 0.5) is 0 Å². The van der Waals surface area contributed by atoms with Gasteiger partial charge in [-0.3, -0.25) is 81.5 Å². The third-order valence-corrected chi connectivity index (χ3v) is 27.4. The summed E-state index contributed by atoms with van der Waals surface area (Å²) in [7, 11) is 0. The molecule has 0 saturated carbocycles.